The van der Waals surface area contributed by atoms with Gasteiger partial charge in [-0.05, 0) is 33.9 Å². The van der Waals surface area contributed by atoms with E-state index in [2.05, 4.69) is 29.2 Å². The molecule has 2 unspecified atom stereocenters. The van der Waals surface area contributed by atoms with Crippen molar-refractivity contribution in [1.82, 2.24) is 9.88 Å². The second kappa shape index (κ2) is 7.87. The molecule has 31 heavy (non-hydrogen) atoms. The Kier molecular flexibility index (Phi) is 4.90. The highest BCUT2D eigenvalue weighted by molar-refractivity contribution is 5.79. The molecule has 156 valence electrons. The number of carbonyl (C=O) groups is 2. The van der Waals surface area contributed by atoms with Crippen LogP contribution in [0.5, 0.6) is 0 Å². The molecule has 1 aliphatic carbocycles. The number of likely N-dealkylation sites (tertiary alicyclic amines) is 1. The van der Waals surface area contributed by atoms with Crippen LogP contribution in [0.2, 0.25) is 0 Å². The first-order chi connectivity index (χ1) is 15.1. The van der Waals surface area contributed by atoms with E-state index in [1.807, 2.05) is 30.3 Å². The van der Waals surface area contributed by atoms with Crippen LogP contribution in [0, 0.1) is 5.92 Å². The SMILES string of the molecule is O=C(O)C1CN(C(=O)OCC2c3ccccc3-c3ccccc32)CC1c1cccnc1. The summed E-state index contributed by atoms with van der Waals surface area (Å²) in [4.78, 5) is 30.3. The zero-order valence-corrected chi connectivity index (χ0v) is 16.8. The maximum Gasteiger partial charge on any atom is 0.409 e. The number of rotatable bonds is 4. The van der Waals surface area contributed by atoms with E-state index in [1.54, 1.807) is 18.5 Å². The van der Waals surface area contributed by atoms with Gasteiger partial charge < -0.3 is 14.7 Å². The second-order valence-corrected chi connectivity index (χ2v) is 8.05. The molecule has 6 nitrogen and oxygen atoms in total. The summed E-state index contributed by atoms with van der Waals surface area (Å²) >= 11 is 0. The van der Waals surface area contributed by atoms with E-state index in [4.69, 9.17) is 4.74 Å². The first-order valence-corrected chi connectivity index (χ1v) is 10.4. The smallest absolute Gasteiger partial charge is 0.409 e. The van der Waals surface area contributed by atoms with E-state index in [0.29, 0.717) is 6.54 Å². The molecule has 5 rings (SSSR count). The van der Waals surface area contributed by atoms with Crippen molar-refractivity contribution in [3.8, 4) is 11.1 Å². The third-order valence-corrected chi connectivity index (χ3v) is 6.34. The van der Waals surface area contributed by atoms with E-state index in [9.17, 15) is 14.7 Å². The molecule has 0 bridgehead atoms. The normalized spacial score (nSPS) is 19.7. The third-order valence-electron chi connectivity index (χ3n) is 6.34. The van der Waals surface area contributed by atoms with Crippen LogP contribution in [0.3, 0.4) is 0 Å². The summed E-state index contributed by atoms with van der Waals surface area (Å²) in [7, 11) is 0. The Hall–Kier alpha value is -3.67. The largest absolute Gasteiger partial charge is 0.481 e. The van der Waals surface area contributed by atoms with Gasteiger partial charge in [-0.2, -0.15) is 0 Å². The van der Waals surface area contributed by atoms with Crippen LogP contribution in [-0.2, 0) is 9.53 Å². The summed E-state index contributed by atoms with van der Waals surface area (Å²) in [5.41, 5.74) is 5.46. The molecule has 0 radical (unpaired) electrons. The number of carboxylic acids is 1. The average molecular weight is 414 g/mol. The third kappa shape index (κ3) is 3.44. The van der Waals surface area contributed by atoms with Crippen molar-refractivity contribution in [3.05, 3.63) is 89.7 Å². The number of amides is 1. The number of ether oxygens (including phenoxy) is 1. The molecule has 1 saturated heterocycles. The summed E-state index contributed by atoms with van der Waals surface area (Å²) in [5.74, 6) is -1.91. The minimum absolute atomic E-state index is 0.0247. The molecule has 2 heterocycles. The van der Waals surface area contributed by atoms with Gasteiger partial charge in [0.05, 0.1) is 5.92 Å². The van der Waals surface area contributed by atoms with Crippen LogP contribution in [0.4, 0.5) is 4.79 Å². The molecule has 0 saturated carbocycles. The Bertz CT molecular complexity index is 1090. The Morgan fingerprint density at radius 1 is 0.968 bits per heavy atom. The number of hydrogen-bond donors (Lipinski definition) is 1. The highest BCUT2D eigenvalue weighted by Gasteiger charge is 2.41. The van der Waals surface area contributed by atoms with Gasteiger partial charge in [-0.3, -0.25) is 9.78 Å². The molecule has 3 aromatic rings. The van der Waals surface area contributed by atoms with Crippen molar-refractivity contribution in [2.75, 3.05) is 19.7 Å². The van der Waals surface area contributed by atoms with Crippen LogP contribution in [-0.4, -0.2) is 46.7 Å². The standard InChI is InChI=1S/C25H22N2O4/c28-24(29)22-14-27(13-21(22)16-6-5-11-26-12-16)25(30)31-15-23-19-9-3-1-7-17(19)18-8-2-4-10-20(18)23/h1-12,21-23H,13-15H2,(H,28,29). The number of aromatic nitrogens is 1. The lowest BCUT2D eigenvalue weighted by molar-refractivity contribution is -0.141. The van der Waals surface area contributed by atoms with Gasteiger partial charge in [0.15, 0.2) is 0 Å². The van der Waals surface area contributed by atoms with Crippen LogP contribution >= 0.6 is 0 Å². The van der Waals surface area contributed by atoms with Crippen molar-refractivity contribution in [2.24, 2.45) is 5.92 Å². The van der Waals surface area contributed by atoms with Crippen molar-refractivity contribution >= 4 is 12.1 Å². The number of nitrogens with zero attached hydrogens (tertiary/aromatic N) is 2. The Morgan fingerprint density at radius 2 is 1.65 bits per heavy atom. The van der Waals surface area contributed by atoms with Gasteiger partial charge in [-0.1, -0.05) is 54.6 Å². The predicted octanol–water partition coefficient (Wildman–Crippen LogP) is 4.13. The van der Waals surface area contributed by atoms with E-state index in [0.717, 1.165) is 16.7 Å². The van der Waals surface area contributed by atoms with Crippen LogP contribution < -0.4 is 0 Å². The topological polar surface area (TPSA) is 79.7 Å². The predicted molar refractivity (Wildman–Crippen MR) is 115 cm³/mol. The fourth-order valence-corrected chi connectivity index (χ4v) is 4.82. The molecule has 1 aromatic heterocycles. The number of carboxylic acid groups (broad SMARTS) is 1. The lowest BCUT2D eigenvalue weighted by atomic mass is 9.90. The molecule has 6 heteroatoms. The minimum atomic E-state index is -0.914. The summed E-state index contributed by atoms with van der Waals surface area (Å²) < 4.78 is 5.71. The van der Waals surface area contributed by atoms with Crippen LogP contribution in [0.1, 0.15) is 28.5 Å². The molecule has 1 amide bonds. The van der Waals surface area contributed by atoms with Gasteiger partial charge in [0, 0.05) is 37.3 Å². The van der Waals surface area contributed by atoms with Crippen molar-refractivity contribution in [1.29, 1.82) is 0 Å². The molecular formula is C25H22N2O4. The quantitative estimate of drug-likeness (QED) is 0.694. The number of fused-ring (bicyclic) bond motifs is 3. The molecule has 1 aliphatic heterocycles. The maximum atomic E-state index is 12.9. The number of benzene rings is 2. The number of aliphatic carboxylic acids is 1. The summed E-state index contributed by atoms with van der Waals surface area (Å²) in [6.45, 7) is 0.656. The van der Waals surface area contributed by atoms with Crippen molar-refractivity contribution in [2.45, 2.75) is 11.8 Å². The second-order valence-electron chi connectivity index (χ2n) is 8.05. The zero-order chi connectivity index (χ0) is 21.4. The summed E-state index contributed by atoms with van der Waals surface area (Å²) in [6.07, 6.45) is 2.85. The lowest BCUT2D eigenvalue weighted by Crippen LogP contribution is -2.31. The van der Waals surface area contributed by atoms with Crippen molar-refractivity contribution < 1.29 is 19.4 Å². The number of hydrogen-bond acceptors (Lipinski definition) is 4. The van der Waals surface area contributed by atoms with Gasteiger partial charge >= 0.3 is 12.1 Å². The number of carbonyl (C=O) groups excluding carboxylic acids is 1. The molecule has 2 aliphatic rings. The van der Waals surface area contributed by atoms with Crippen LogP contribution in [0.25, 0.3) is 11.1 Å². The molecule has 2 atom stereocenters. The molecule has 1 N–H and O–H groups in total. The van der Waals surface area contributed by atoms with E-state index >= 15 is 0 Å². The zero-order valence-electron chi connectivity index (χ0n) is 16.8. The van der Waals surface area contributed by atoms with Crippen LogP contribution in [0.15, 0.2) is 73.1 Å². The van der Waals surface area contributed by atoms with Crippen molar-refractivity contribution in [3.63, 3.8) is 0 Å². The molecule has 1 fully saturated rings. The van der Waals surface area contributed by atoms with Gasteiger partial charge in [0.2, 0.25) is 0 Å². The van der Waals surface area contributed by atoms with Gasteiger partial charge in [-0.25, -0.2) is 4.79 Å². The molecule has 0 spiro atoms. The summed E-state index contributed by atoms with van der Waals surface area (Å²) in [5, 5.41) is 9.67. The molecule has 2 aromatic carbocycles. The average Bonchev–Trinajstić information content (AvgIpc) is 3.39. The monoisotopic (exact) mass is 414 g/mol. The maximum absolute atomic E-state index is 12.9. The minimum Gasteiger partial charge on any atom is -0.481 e. The fourth-order valence-electron chi connectivity index (χ4n) is 4.82. The van der Waals surface area contributed by atoms with E-state index < -0.39 is 18.0 Å². The Balaban J connectivity index is 1.32. The van der Waals surface area contributed by atoms with Gasteiger partial charge in [-0.15, -0.1) is 0 Å². The number of pyridine rings is 1. The first-order valence-electron chi connectivity index (χ1n) is 10.4. The first kappa shape index (κ1) is 19.3. The lowest BCUT2D eigenvalue weighted by Gasteiger charge is -2.19. The Labute approximate surface area is 180 Å². The van der Waals surface area contributed by atoms with Gasteiger partial charge in [0.25, 0.3) is 0 Å². The Morgan fingerprint density at radius 3 is 2.26 bits per heavy atom. The highest BCUT2D eigenvalue weighted by Crippen LogP contribution is 2.44. The summed E-state index contributed by atoms with van der Waals surface area (Å²) in [6, 6.07) is 20.0. The van der Waals surface area contributed by atoms with Gasteiger partial charge in [0.1, 0.15) is 6.61 Å². The molecular weight excluding hydrogens is 392 g/mol. The fraction of sp³-hybridized carbons (Fsp3) is 0.240. The highest BCUT2D eigenvalue weighted by atomic mass is 16.6. The van der Waals surface area contributed by atoms with E-state index in [-0.39, 0.29) is 25.0 Å². The van der Waals surface area contributed by atoms with E-state index in [1.165, 1.54) is 16.0 Å².